The summed E-state index contributed by atoms with van der Waals surface area (Å²) in [6.45, 7) is 1.98. The van der Waals surface area contributed by atoms with Crippen molar-refractivity contribution in [1.29, 1.82) is 0 Å². The number of carbonyl (C=O) groups is 1. The van der Waals surface area contributed by atoms with Gasteiger partial charge in [0.05, 0.1) is 11.8 Å². The Morgan fingerprint density at radius 1 is 1.07 bits per heavy atom. The van der Waals surface area contributed by atoms with Gasteiger partial charge in [-0.15, -0.1) is 0 Å². The number of aliphatic hydroxyl groups excluding tert-OH is 1. The summed E-state index contributed by atoms with van der Waals surface area (Å²) in [5.74, 6) is -0.408. The monoisotopic (exact) mass is 359 g/mol. The Morgan fingerprint density at radius 3 is 2.59 bits per heavy atom. The van der Waals surface area contributed by atoms with Gasteiger partial charge in [0.15, 0.2) is 0 Å². The lowest BCUT2D eigenvalue weighted by molar-refractivity contribution is -0.138. The van der Waals surface area contributed by atoms with Crippen LogP contribution in [0.4, 0.5) is 0 Å². The van der Waals surface area contributed by atoms with Gasteiger partial charge in [0.2, 0.25) is 0 Å². The Balaban J connectivity index is 1.61. The molecule has 4 heteroatoms. The Kier molecular flexibility index (Phi) is 6.13. The fourth-order valence-electron chi connectivity index (χ4n) is 2.58. The third-order valence-corrected chi connectivity index (χ3v) is 4.10. The molecule has 0 radical (unpaired) electrons. The molecule has 0 amide bonds. The molecule has 1 atom stereocenters. The predicted molar refractivity (Wildman–Crippen MR) is 106 cm³/mol. The second kappa shape index (κ2) is 8.92. The average Bonchev–Trinajstić information content (AvgIpc) is 2.72. The molecule has 1 aromatic heterocycles. The summed E-state index contributed by atoms with van der Waals surface area (Å²) in [5, 5.41) is 9.71. The van der Waals surface area contributed by atoms with E-state index >= 15 is 0 Å². The topological polar surface area (TPSA) is 59.4 Å². The lowest BCUT2D eigenvalue weighted by Gasteiger charge is -2.07. The molecule has 0 saturated heterocycles. The van der Waals surface area contributed by atoms with Crippen molar-refractivity contribution in [2.75, 3.05) is 0 Å². The van der Waals surface area contributed by atoms with E-state index in [4.69, 9.17) is 4.74 Å². The molecule has 0 saturated carbocycles. The van der Waals surface area contributed by atoms with Crippen LogP contribution in [0.3, 0.4) is 0 Å². The van der Waals surface area contributed by atoms with Gasteiger partial charge in [-0.1, -0.05) is 54.6 Å². The first kappa shape index (κ1) is 18.5. The number of nitrogens with zero attached hydrogens (tertiary/aromatic N) is 1. The Hall–Kier alpha value is -3.24. The van der Waals surface area contributed by atoms with Gasteiger partial charge in [-0.25, -0.2) is 4.79 Å². The fourth-order valence-corrected chi connectivity index (χ4v) is 2.58. The molecular weight excluding hydrogens is 338 g/mol. The third kappa shape index (κ3) is 5.36. The quantitative estimate of drug-likeness (QED) is 0.518. The zero-order chi connectivity index (χ0) is 19.1. The fraction of sp³-hybridized carbons (Fsp3) is 0.130. The molecular formula is C23H21NO3. The van der Waals surface area contributed by atoms with E-state index in [0.29, 0.717) is 5.69 Å². The number of hydrogen-bond donors (Lipinski definition) is 1. The van der Waals surface area contributed by atoms with Crippen LogP contribution in [0.15, 0.2) is 79.0 Å². The minimum absolute atomic E-state index is 0.246. The summed E-state index contributed by atoms with van der Waals surface area (Å²) in [5.41, 5.74) is 4.40. The summed E-state index contributed by atoms with van der Waals surface area (Å²) < 4.78 is 5.20. The number of hydrogen-bond acceptors (Lipinski definition) is 4. The van der Waals surface area contributed by atoms with Crippen LogP contribution >= 0.6 is 0 Å². The molecule has 0 aliphatic carbocycles. The van der Waals surface area contributed by atoms with Crippen LogP contribution in [0.5, 0.6) is 0 Å². The number of pyridine rings is 1. The van der Waals surface area contributed by atoms with Crippen LogP contribution in [-0.4, -0.2) is 16.1 Å². The Bertz CT molecular complexity index is 916. The van der Waals surface area contributed by atoms with Gasteiger partial charge in [-0.2, -0.15) is 0 Å². The van der Waals surface area contributed by atoms with Crippen LogP contribution < -0.4 is 0 Å². The molecule has 1 N–H and O–H groups in total. The van der Waals surface area contributed by atoms with Crippen molar-refractivity contribution >= 4 is 12.0 Å². The maximum absolute atomic E-state index is 11.8. The molecule has 2 aromatic carbocycles. The molecule has 0 fully saturated rings. The number of ether oxygens (including phenoxy) is 1. The molecule has 0 aliphatic rings. The van der Waals surface area contributed by atoms with E-state index in [0.717, 1.165) is 22.3 Å². The van der Waals surface area contributed by atoms with Crippen LogP contribution in [0, 0.1) is 0 Å². The molecule has 3 rings (SSSR count). The van der Waals surface area contributed by atoms with E-state index in [1.54, 1.807) is 19.2 Å². The van der Waals surface area contributed by atoms with Crippen molar-refractivity contribution in [3.63, 3.8) is 0 Å². The van der Waals surface area contributed by atoms with E-state index in [2.05, 4.69) is 4.98 Å². The summed E-state index contributed by atoms with van der Waals surface area (Å²) in [4.78, 5) is 16.2. The molecule has 136 valence electrons. The van der Waals surface area contributed by atoms with Crippen LogP contribution in [-0.2, 0) is 16.1 Å². The minimum atomic E-state index is -0.512. The van der Waals surface area contributed by atoms with Gasteiger partial charge < -0.3 is 9.84 Å². The SMILES string of the molecule is CC(O)c1cccc(-c2ccc(C=CC(=O)OCc3ccccc3)nc2)c1. The molecule has 1 unspecified atom stereocenters. The summed E-state index contributed by atoms with van der Waals surface area (Å²) in [6.07, 6.45) is 4.24. The lowest BCUT2D eigenvalue weighted by atomic mass is 10.0. The highest BCUT2D eigenvalue weighted by atomic mass is 16.5. The van der Waals surface area contributed by atoms with Crippen LogP contribution in [0.25, 0.3) is 17.2 Å². The van der Waals surface area contributed by atoms with Gasteiger partial charge in [-0.3, -0.25) is 4.98 Å². The number of benzene rings is 2. The van der Waals surface area contributed by atoms with Crippen molar-refractivity contribution in [2.45, 2.75) is 19.6 Å². The standard InChI is InChI=1S/C23H21NO3/c1-17(25)19-8-5-9-20(14-19)21-10-11-22(24-15-21)12-13-23(26)27-16-18-6-3-2-4-7-18/h2-15,17,25H,16H2,1H3. The number of aromatic nitrogens is 1. The van der Waals surface area contributed by atoms with E-state index in [1.165, 1.54) is 6.08 Å². The first-order valence-electron chi connectivity index (χ1n) is 8.75. The summed E-state index contributed by atoms with van der Waals surface area (Å²) >= 11 is 0. The van der Waals surface area contributed by atoms with Gasteiger partial charge >= 0.3 is 5.97 Å². The third-order valence-electron chi connectivity index (χ3n) is 4.10. The Labute approximate surface area is 158 Å². The van der Waals surface area contributed by atoms with Crippen molar-refractivity contribution in [2.24, 2.45) is 0 Å². The number of carbonyl (C=O) groups excluding carboxylic acids is 1. The molecule has 27 heavy (non-hydrogen) atoms. The first-order valence-corrected chi connectivity index (χ1v) is 8.75. The minimum Gasteiger partial charge on any atom is -0.458 e. The van der Waals surface area contributed by atoms with E-state index in [-0.39, 0.29) is 6.61 Å². The van der Waals surface area contributed by atoms with Crippen LogP contribution in [0.2, 0.25) is 0 Å². The van der Waals surface area contributed by atoms with Crippen molar-refractivity contribution < 1.29 is 14.6 Å². The number of aliphatic hydroxyl groups is 1. The largest absolute Gasteiger partial charge is 0.458 e. The first-order chi connectivity index (χ1) is 13.1. The number of rotatable bonds is 6. The second-order valence-electron chi connectivity index (χ2n) is 6.20. The summed E-state index contributed by atoms with van der Waals surface area (Å²) in [6, 6.07) is 21.0. The predicted octanol–water partition coefficient (Wildman–Crippen LogP) is 4.56. The van der Waals surface area contributed by atoms with Gasteiger partial charge in [0.25, 0.3) is 0 Å². The second-order valence-corrected chi connectivity index (χ2v) is 6.20. The Morgan fingerprint density at radius 2 is 1.89 bits per heavy atom. The normalized spacial score (nSPS) is 12.1. The summed E-state index contributed by atoms with van der Waals surface area (Å²) in [7, 11) is 0. The van der Waals surface area contributed by atoms with Gasteiger partial charge in [0.1, 0.15) is 6.61 Å². The molecule has 0 spiro atoms. The highest BCUT2D eigenvalue weighted by Crippen LogP contribution is 2.23. The number of esters is 1. The van der Waals surface area contributed by atoms with Crippen molar-refractivity contribution in [1.82, 2.24) is 4.98 Å². The lowest BCUT2D eigenvalue weighted by Crippen LogP contribution is -2.00. The van der Waals surface area contributed by atoms with E-state index in [1.807, 2.05) is 66.7 Å². The highest BCUT2D eigenvalue weighted by molar-refractivity contribution is 5.86. The average molecular weight is 359 g/mol. The van der Waals surface area contributed by atoms with E-state index in [9.17, 15) is 9.90 Å². The molecule has 0 bridgehead atoms. The smallest absolute Gasteiger partial charge is 0.331 e. The molecule has 1 heterocycles. The van der Waals surface area contributed by atoms with Crippen molar-refractivity contribution in [3.05, 3.63) is 95.8 Å². The zero-order valence-corrected chi connectivity index (χ0v) is 15.1. The molecule has 4 nitrogen and oxygen atoms in total. The molecule has 0 aliphatic heterocycles. The van der Waals surface area contributed by atoms with E-state index < -0.39 is 12.1 Å². The maximum Gasteiger partial charge on any atom is 0.331 e. The zero-order valence-electron chi connectivity index (χ0n) is 15.1. The van der Waals surface area contributed by atoms with Gasteiger partial charge in [-0.05, 0) is 41.8 Å². The highest BCUT2D eigenvalue weighted by Gasteiger charge is 2.04. The van der Waals surface area contributed by atoms with Gasteiger partial charge in [0, 0.05) is 17.8 Å². The molecule has 3 aromatic rings. The van der Waals surface area contributed by atoms with Crippen molar-refractivity contribution in [3.8, 4) is 11.1 Å². The van der Waals surface area contributed by atoms with Crippen LogP contribution in [0.1, 0.15) is 29.8 Å². The maximum atomic E-state index is 11.8.